The van der Waals surface area contributed by atoms with Crippen molar-refractivity contribution in [2.45, 2.75) is 38.6 Å². The van der Waals surface area contributed by atoms with E-state index in [2.05, 4.69) is 5.32 Å². The topological polar surface area (TPSA) is 75.6 Å². The van der Waals surface area contributed by atoms with Crippen molar-refractivity contribution in [1.82, 2.24) is 5.32 Å². The Balaban J connectivity index is 2.36. The van der Waals surface area contributed by atoms with E-state index >= 15 is 0 Å². The van der Waals surface area contributed by atoms with E-state index in [-0.39, 0.29) is 18.4 Å². The number of carbonyl (C=O) groups is 2. The molecule has 110 valence electrons. The molecule has 0 heterocycles. The molecular weight excluding hydrogens is 258 g/mol. The monoisotopic (exact) mass is 279 g/mol. The molecule has 5 heteroatoms. The van der Waals surface area contributed by atoms with Crippen LogP contribution in [0.15, 0.2) is 24.3 Å². The zero-order chi connectivity index (χ0) is 15.0. The summed E-state index contributed by atoms with van der Waals surface area (Å²) in [5.74, 6) is -0.147. The molecule has 1 amide bonds. The largest absolute Gasteiger partial charge is 0.497 e. The van der Waals surface area contributed by atoms with Crippen molar-refractivity contribution >= 4 is 11.9 Å². The van der Waals surface area contributed by atoms with E-state index in [1.165, 1.54) is 0 Å². The molecule has 1 atom stereocenters. The fourth-order valence-electron chi connectivity index (χ4n) is 1.93. The summed E-state index contributed by atoms with van der Waals surface area (Å²) in [7, 11) is 1.59. The predicted molar refractivity (Wildman–Crippen MR) is 75.8 cm³/mol. The number of amides is 1. The van der Waals surface area contributed by atoms with Crippen molar-refractivity contribution in [3.63, 3.8) is 0 Å². The van der Waals surface area contributed by atoms with Gasteiger partial charge in [-0.1, -0.05) is 12.1 Å². The SMILES string of the molecule is COc1cccc(CC(=O)NC(C)CCCC(=O)O)c1. The first-order chi connectivity index (χ1) is 9.51. The van der Waals surface area contributed by atoms with Crippen LogP contribution in [0.1, 0.15) is 31.7 Å². The third kappa shape index (κ3) is 6.22. The second-order valence-electron chi connectivity index (χ2n) is 4.78. The molecule has 0 saturated carbocycles. The Labute approximate surface area is 118 Å². The van der Waals surface area contributed by atoms with Crippen LogP contribution in [0.25, 0.3) is 0 Å². The van der Waals surface area contributed by atoms with Gasteiger partial charge in [0.25, 0.3) is 0 Å². The molecule has 0 aliphatic heterocycles. The minimum atomic E-state index is -0.806. The first-order valence-electron chi connectivity index (χ1n) is 6.65. The fourth-order valence-corrected chi connectivity index (χ4v) is 1.93. The average Bonchev–Trinajstić information content (AvgIpc) is 2.38. The summed E-state index contributed by atoms with van der Waals surface area (Å²) >= 11 is 0. The van der Waals surface area contributed by atoms with E-state index in [1.807, 2.05) is 31.2 Å². The van der Waals surface area contributed by atoms with Gasteiger partial charge >= 0.3 is 5.97 Å². The summed E-state index contributed by atoms with van der Waals surface area (Å²) in [5.41, 5.74) is 0.889. The number of ether oxygens (including phenoxy) is 1. The number of aliphatic carboxylic acids is 1. The lowest BCUT2D eigenvalue weighted by Gasteiger charge is -2.13. The molecule has 0 spiro atoms. The smallest absolute Gasteiger partial charge is 0.303 e. The molecule has 1 unspecified atom stereocenters. The van der Waals surface area contributed by atoms with Crippen LogP contribution in [0.4, 0.5) is 0 Å². The van der Waals surface area contributed by atoms with E-state index in [0.29, 0.717) is 19.3 Å². The Kier molecular flexibility index (Phi) is 6.56. The van der Waals surface area contributed by atoms with Gasteiger partial charge in [0.1, 0.15) is 5.75 Å². The maximum atomic E-state index is 11.9. The second-order valence-corrected chi connectivity index (χ2v) is 4.78. The minimum Gasteiger partial charge on any atom is -0.497 e. The summed E-state index contributed by atoms with van der Waals surface area (Å²) in [6.45, 7) is 1.88. The fraction of sp³-hybridized carbons (Fsp3) is 0.467. The van der Waals surface area contributed by atoms with Crippen molar-refractivity contribution in [2.24, 2.45) is 0 Å². The number of hydrogen-bond donors (Lipinski definition) is 2. The van der Waals surface area contributed by atoms with Crippen LogP contribution in [0.2, 0.25) is 0 Å². The highest BCUT2D eigenvalue weighted by molar-refractivity contribution is 5.78. The zero-order valence-electron chi connectivity index (χ0n) is 11.9. The number of rotatable bonds is 8. The quantitative estimate of drug-likeness (QED) is 0.763. The van der Waals surface area contributed by atoms with Crippen LogP contribution in [0.3, 0.4) is 0 Å². The normalized spacial score (nSPS) is 11.7. The number of carboxylic acids is 1. The Bertz CT molecular complexity index is 459. The van der Waals surface area contributed by atoms with Crippen LogP contribution in [-0.4, -0.2) is 30.1 Å². The van der Waals surface area contributed by atoms with Crippen molar-refractivity contribution in [2.75, 3.05) is 7.11 Å². The summed E-state index contributed by atoms with van der Waals surface area (Å²) < 4.78 is 5.11. The third-order valence-corrected chi connectivity index (χ3v) is 2.93. The molecule has 0 saturated heterocycles. The Morgan fingerprint density at radius 1 is 1.40 bits per heavy atom. The molecular formula is C15H21NO4. The molecule has 1 aromatic carbocycles. The number of nitrogens with one attached hydrogen (secondary N) is 1. The van der Waals surface area contributed by atoms with E-state index in [9.17, 15) is 9.59 Å². The molecule has 0 aliphatic rings. The highest BCUT2D eigenvalue weighted by Crippen LogP contribution is 2.13. The number of hydrogen-bond acceptors (Lipinski definition) is 3. The second kappa shape index (κ2) is 8.19. The van der Waals surface area contributed by atoms with Crippen LogP contribution in [-0.2, 0) is 16.0 Å². The maximum absolute atomic E-state index is 11.9. The van der Waals surface area contributed by atoms with Gasteiger partial charge in [0, 0.05) is 12.5 Å². The summed E-state index contributed by atoms with van der Waals surface area (Å²) in [5, 5.41) is 11.4. The number of benzene rings is 1. The lowest BCUT2D eigenvalue weighted by Crippen LogP contribution is -2.33. The summed E-state index contributed by atoms with van der Waals surface area (Å²) in [4.78, 5) is 22.3. The highest BCUT2D eigenvalue weighted by atomic mass is 16.5. The first kappa shape index (κ1) is 16.0. The van der Waals surface area contributed by atoms with Crippen LogP contribution >= 0.6 is 0 Å². The Morgan fingerprint density at radius 3 is 2.80 bits per heavy atom. The molecule has 0 bridgehead atoms. The lowest BCUT2D eigenvalue weighted by molar-refractivity contribution is -0.137. The molecule has 0 fully saturated rings. The van der Waals surface area contributed by atoms with Crippen molar-refractivity contribution in [3.05, 3.63) is 29.8 Å². The number of carbonyl (C=O) groups excluding carboxylic acids is 1. The number of methoxy groups -OCH3 is 1. The van der Waals surface area contributed by atoms with E-state index in [1.54, 1.807) is 7.11 Å². The van der Waals surface area contributed by atoms with Crippen molar-refractivity contribution < 1.29 is 19.4 Å². The minimum absolute atomic E-state index is 0.0209. The van der Waals surface area contributed by atoms with Crippen LogP contribution in [0.5, 0.6) is 5.75 Å². The van der Waals surface area contributed by atoms with Crippen LogP contribution in [0, 0.1) is 0 Å². The molecule has 5 nitrogen and oxygen atoms in total. The molecule has 0 aliphatic carbocycles. The van der Waals surface area contributed by atoms with Gasteiger partial charge in [-0.25, -0.2) is 0 Å². The van der Waals surface area contributed by atoms with Gasteiger partial charge < -0.3 is 15.2 Å². The molecule has 1 rings (SSSR count). The van der Waals surface area contributed by atoms with Crippen molar-refractivity contribution in [3.8, 4) is 5.75 Å². The Morgan fingerprint density at radius 2 is 2.15 bits per heavy atom. The standard InChI is InChI=1S/C15H21NO4/c1-11(5-3-8-15(18)19)16-14(17)10-12-6-4-7-13(9-12)20-2/h4,6-7,9,11H,3,5,8,10H2,1-2H3,(H,16,17)(H,18,19). The van der Waals surface area contributed by atoms with Crippen molar-refractivity contribution in [1.29, 1.82) is 0 Å². The molecule has 1 aromatic rings. The summed E-state index contributed by atoms with van der Waals surface area (Å²) in [6.07, 6.45) is 1.66. The van der Waals surface area contributed by atoms with Gasteiger partial charge in [0.15, 0.2) is 0 Å². The van der Waals surface area contributed by atoms with Gasteiger partial charge in [-0.05, 0) is 37.5 Å². The summed E-state index contributed by atoms with van der Waals surface area (Å²) in [6, 6.07) is 7.35. The molecule has 0 radical (unpaired) electrons. The van der Waals surface area contributed by atoms with E-state index < -0.39 is 5.97 Å². The molecule has 0 aromatic heterocycles. The predicted octanol–water partition coefficient (Wildman–Crippen LogP) is 2.00. The zero-order valence-corrected chi connectivity index (χ0v) is 11.9. The first-order valence-corrected chi connectivity index (χ1v) is 6.65. The van der Waals surface area contributed by atoms with E-state index in [4.69, 9.17) is 9.84 Å². The highest BCUT2D eigenvalue weighted by Gasteiger charge is 2.09. The average molecular weight is 279 g/mol. The lowest BCUT2D eigenvalue weighted by atomic mass is 10.1. The Hall–Kier alpha value is -2.04. The van der Waals surface area contributed by atoms with Gasteiger partial charge in [-0.2, -0.15) is 0 Å². The number of carboxylic acid groups (broad SMARTS) is 1. The molecule has 20 heavy (non-hydrogen) atoms. The van der Waals surface area contributed by atoms with Crippen LogP contribution < -0.4 is 10.1 Å². The third-order valence-electron chi connectivity index (χ3n) is 2.93. The molecule has 2 N–H and O–H groups in total. The van der Waals surface area contributed by atoms with Gasteiger partial charge in [0.05, 0.1) is 13.5 Å². The maximum Gasteiger partial charge on any atom is 0.303 e. The van der Waals surface area contributed by atoms with Gasteiger partial charge in [0.2, 0.25) is 5.91 Å². The van der Waals surface area contributed by atoms with Gasteiger partial charge in [-0.15, -0.1) is 0 Å². The van der Waals surface area contributed by atoms with Gasteiger partial charge in [-0.3, -0.25) is 9.59 Å². The van der Waals surface area contributed by atoms with E-state index in [0.717, 1.165) is 11.3 Å².